The van der Waals surface area contributed by atoms with Crippen molar-refractivity contribution < 1.29 is 9.84 Å². The molecule has 2 atom stereocenters. The quantitative estimate of drug-likeness (QED) is 0.683. The van der Waals surface area contributed by atoms with E-state index in [0.717, 1.165) is 17.7 Å². The van der Waals surface area contributed by atoms with E-state index in [1.165, 1.54) is 11.1 Å². The predicted octanol–water partition coefficient (Wildman–Crippen LogP) is 4.86. The minimum Gasteiger partial charge on any atom is -0.491 e. The molecule has 25 heavy (non-hydrogen) atoms. The third kappa shape index (κ3) is 6.87. The zero-order valence-electron chi connectivity index (χ0n) is 15.0. The van der Waals surface area contributed by atoms with Gasteiger partial charge in [0, 0.05) is 17.6 Å². The molecule has 0 aromatic heterocycles. The van der Waals surface area contributed by atoms with Crippen LogP contribution in [0.1, 0.15) is 36.1 Å². The maximum atomic E-state index is 10.2. The summed E-state index contributed by atoms with van der Waals surface area (Å²) in [7, 11) is 0. The number of benzene rings is 2. The highest BCUT2D eigenvalue weighted by Gasteiger charge is 2.12. The third-order valence-electron chi connectivity index (χ3n) is 4.06. The average molecular weight is 384 g/mol. The maximum absolute atomic E-state index is 10.2. The van der Waals surface area contributed by atoms with Gasteiger partial charge in [0.05, 0.1) is 0 Å². The Bertz CT molecular complexity index is 647. The smallest absolute Gasteiger partial charge is 0.122 e. The van der Waals surface area contributed by atoms with Gasteiger partial charge in [-0.2, -0.15) is 0 Å². The molecule has 2 rings (SSSR count). The first kappa shape index (κ1) is 21.8. The molecule has 2 N–H and O–H groups in total. The lowest BCUT2D eigenvalue weighted by molar-refractivity contribution is 0.103. The van der Waals surface area contributed by atoms with Crippen molar-refractivity contribution in [1.82, 2.24) is 5.32 Å². The van der Waals surface area contributed by atoms with Crippen LogP contribution in [0.2, 0.25) is 5.02 Å². The molecule has 5 heteroatoms. The Morgan fingerprint density at radius 2 is 1.80 bits per heavy atom. The number of halogens is 2. The summed E-state index contributed by atoms with van der Waals surface area (Å²) in [6.45, 7) is 6.89. The Hall–Kier alpha value is -1.26. The Kier molecular flexibility index (Phi) is 9.30. The molecule has 2 unspecified atom stereocenters. The first-order valence-electron chi connectivity index (χ1n) is 8.36. The summed E-state index contributed by atoms with van der Waals surface area (Å²) in [5, 5.41) is 14.3. The van der Waals surface area contributed by atoms with E-state index in [1.54, 1.807) is 6.07 Å². The van der Waals surface area contributed by atoms with Crippen LogP contribution in [0.5, 0.6) is 5.75 Å². The second-order valence-corrected chi connectivity index (χ2v) is 6.59. The Morgan fingerprint density at radius 1 is 1.12 bits per heavy atom. The van der Waals surface area contributed by atoms with Crippen LogP contribution in [0.4, 0.5) is 0 Å². The van der Waals surface area contributed by atoms with Crippen molar-refractivity contribution in [2.45, 2.75) is 39.3 Å². The second-order valence-electron chi connectivity index (χ2n) is 6.15. The molecule has 2 aromatic carbocycles. The summed E-state index contributed by atoms with van der Waals surface area (Å²) in [6, 6.07) is 14.2. The SMILES string of the molecule is CCC(NCC(O)COc1ccc(Cl)cc1C)c1ccc(C)cc1.Cl. The van der Waals surface area contributed by atoms with Gasteiger partial charge in [0.25, 0.3) is 0 Å². The summed E-state index contributed by atoms with van der Waals surface area (Å²) in [5.41, 5.74) is 3.46. The average Bonchev–Trinajstić information content (AvgIpc) is 2.56. The molecule has 2 aromatic rings. The third-order valence-corrected chi connectivity index (χ3v) is 4.29. The van der Waals surface area contributed by atoms with E-state index in [1.807, 2.05) is 19.1 Å². The lowest BCUT2D eigenvalue weighted by Crippen LogP contribution is -2.33. The maximum Gasteiger partial charge on any atom is 0.122 e. The van der Waals surface area contributed by atoms with Crippen molar-refractivity contribution in [3.63, 3.8) is 0 Å². The van der Waals surface area contributed by atoms with E-state index >= 15 is 0 Å². The number of nitrogens with one attached hydrogen (secondary N) is 1. The molecule has 0 amide bonds. The summed E-state index contributed by atoms with van der Waals surface area (Å²) in [5.74, 6) is 0.754. The number of aryl methyl sites for hydroxylation is 2. The van der Waals surface area contributed by atoms with Crippen molar-refractivity contribution in [3.8, 4) is 5.75 Å². The van der Waals surface area contributed by atoms with E-state index in [2.05, 4.69) is 43.4 Å². The number of ether oxygens (including phenoxy) is 1. The monoisotopic (exact) mass is 383 g/mol. The van der Waals surface area contributed by atoms with Gasteiger partial charge in [0.1, 0.15) is 18.5 Å². The second kappa shape index (κ2) is 10.7. The van der Waals surface area contributed by atoms with Gasteiger partial charge in [-0.1, -0.05) is 48.4 Å². The first-order chi connectivity index (χ1) is 11.5. The number of hydrogen-bond acceptors (Lipinski definition) is 3. The van der Waals surface area contributed by atoms with Crippen LogP contribution in [-0.4, -0.2) is 24.4 Å². The number of hydrogen-bond donors (Lipinski definition) is 2. The van der Waals surface area contributed by atoms with Gasteiger partial charge in [0.2, 0.25) is 0 Å². The molecule has 0 aliphatic carbocycles. The lowest BCUT2D eigenvalue weighted by atomic mass is 10.0. The van der Waals surface area contributed by atoms with E-state index in [4.69, 9.17) is 16.3 Å². The fourth-order valence-corrected chi connectivity index (χ4v) is 2.82. The van der Waals surface area contributed by atoms with Crippen molar-refractivity contribution in [3.05, 3.63) is 64.2 Å². The Labute approximate surface area is 161 Å². The minimum absolute atomic E-state index is 0. The first-order valence-corrected chi connectivity index (χ1v) is 8.74. The largest absolute Gasteiger partial charge is 0.491 e. The molecule has 0 aliphatic rings. The molecule has 0 saturated heterocycles. The van der Waals surface area contributed by atoms with Crippen molar-refractivity contribution >= 4 is 24.0 Å². The van der Waals surface area contributed by atoms with Gasteiger partial charge in [0.15, 0.2) is 0 Å². The number of aliphatic hydroxyl groups is 1. The van der Waals surface area contributed by atoms with Crippen molar-refractivity contribution in [2.75, 3.05) is 13.2 Å². The molecule has 0 saturated carbocycles. The zero-order chi connectivity index (χ0) is 17.5. The molecule has 0 heterocycles. The summed E-state index contributed by atoms with van der Waals surface area (Å²) < 4.78 is 5.69. The number of rotatable bonds is 8. The Balaban J connectivity index is 0.00000312. The van der Waals surface area contributed by atoms with Crippen molar-refractivity contribution in [1.29, 1.82) is 0 Å². The highest BCUT2D eigenvalue weighted by atomic mass is 35.5. The lowest BCUT2D eigenvalue weighted by Gasteiger charge is -2.20. The summed E-state index contributed by atoms with van der Waals surface area (Å²) >= 11 is 5.93. The van der Waals surface area contributed by atoms with E-state index in [-0.39, 0.29) is 25.1 Å². The molecule has 3 nitrogen and oxygen atoms in total. The van der Waals surface area contributed by atoms with Crippen LogP contribution in [0.15, 0.2) is 42.5 Å². The molecule has 0 bridgehead atoms. The van der Waals surface area contributed by atoms with Gasteiger partial charge < -0.3 is 15.2 Å². The highest BCUT2D eigenvalue weighted by molar-refractivity contribution is 6.30. The van der Waals surface area contributed by atoms with Crippen LogP contribution in [0.3, 0.4) is 0 Å². The standard InChI is InChI=1S/C20H26ClNO2.ClH/c1-4-19(16-7-5-14(2)6-8-16)22-12-18(23)13-24-20-10-9-17(21)11-15(20)3;/h5-11,18-19,22-23H,4,12-13H2,1-3H3;1H. The summed E-state index contributed by atoms with van der Waals surface area (Å²) in [6.07, 6.45) is 0.395. The van der Waals surface area contributed by atoms with Gasteiger partial charge in [-0.25, -0.2) is 0 Å². The van der Waals surface area contributed by atoms with Gasteiger partial charge >= 0.3 is 0 Å². The van der Waals surface area contributed by atoms with E-state index in [0.29, 0.717) is 11.6 Å². The van der Waals surface area contributed by atoms with Gasteiger partial charge in [-0.3, -0.25) is 0 Å². The molecule has 0 aliphatic heterocycles. The molecular weight excluding hydrogens is 357 g/mol. The van der Waals surface area contributed by atoms with Crippen LogP contribution in [-0.2, 0) is 0 Å². The minimum atomic E-state index is -0.570. The van der Waals surface area contributed by atoms with Crippen molar-refractivity contribution in [2.24, 2.45) is 0 Å². The molecule has 0 spiro atoms. The topological polar surface area (TPSA) is 41.5 Å². The normalized spacial score (nSPS) is 13.0. The molecular formula is C20H27Cl2NO2. The van der Waals surface area contributed by atoms with Crippen LogP contribution >= 0.6 is 24.0 Å². The van der Waals surface area contributed by atoms with Crippen LogP contribution in [0, 0.1) is 13.8 Å². The van der Waals surface area contributed by atoms with E-state index < -0.39 is 6.10 Å². The Morgan fingerprint density at radius 3 is 2.40 bits per heavy atom. The fourth-order valence-electron chi connectivity index (χ4n) is 2.59. The van der Waals surface area contributed by atoms with Gasteiger partial charge in [-0.15, -0.1) is 12.4 Å². The zero-order valence-corrected chi connectivity index (χ0v) is 16.5. The van der Waals surface area contributed by atoms with E-state index in [9.17, 15) is 5.11 Å². The summed E-state index contributed by atoms with van der Waals surface area (Å²) in [4.78, 5) is 0. The molecule has 138 valence electrons. The molecule has 0 radical (unpaired) electrons. The van der Waals surface area contributed by atoms with Gasteiger partial charge in [-0.05, 0) is 49.6 Å². The highest BCUT2D eigenvalue weighted by Crippen LogP contribution is 2.22. The fraction of sp³-hybridized carbons (Fsp3) is 0.400. The van der Waals surface area contributed by atoms with Crippen LogP contribution < -0.4 is 10.1 Å². The predicted molar refractivity (Wildman–Crippen MR) is 107 cm³/mol. The molecule has 0 fully saturated rings. The van der Waals surface area contributed by atoms with Crippen LogP contribution in [0.25, 0.3) is 0 Å². The number of aliphatic hydroxyl groups excluding tert-OH is 1.